The van der Waals surface area contributed by atoms with Gasteiger partial charge in [-0.15, -0.1) is 0 Å². The first-order chi connectivity index (χ1) is 8.74. The van der Waals surface area contributed by atoms with Crippen molar-refractivity contribution in [1.82, 2.24) is 0 Å². The third kappa shape index (κ3) is 2.00. The van der Waals surface area contributed by atoms with Crippen LogP contribution in [-0.4, -0.2) is 11.8 Å². The van der Waals surface area contributed by atoms with Crippen molar-refractivity contribution in [2.45, 2.75) is 12.5 Å². The van der Waals surface area contributed by atoms with Crippen molar-refractivity contribution in [2.75, 3.05) is 5.32 Å². The molecule has 2 aromatic rings. The quantitative estimate of drug-likeness (QED) is 0.834. The highest BCUT2D eigenvalue weighted by Crippen LogP contribution is 2.27. The molecule has 1 unspecified atom stereocenters. The van der Waals surface area contributed by atoms with Crippen LogP contribution in [0.25, 0.3) is 0 Å². The number of ketones is 1. The fraction of sp³-hybridized carbons (Fsp3) is 0.133. The number of fused-ring (bicyclic) bond motifs is 1. The Morgan fingerprint density at radius 3 is 2.78 bits per heavy atom. The summed E-state index contributed by atoms with van der Waals surface area (Å²) in [5.41, 5.74) is 2.91. The van der Waals surface area contributed by atoms with Crippen molar-refractivity contribution >= 4 is 23.1 Å². The number of hydrogen-bond donors (Lipinski definition) is 1. The van der Waals surface area contributed by atoms with Gasteiger partial charge in [-0.3, -0.25) is 4.79 Å². The highest BCUT2D eigenvalue weighted by atomic mass is 35.5. The van der Waals surface area contributed by atoms with Gasteiger partial charge < -0.3 is 5.32 Å². The van der Waals surface area contributed by atoms with Gasteiger partial charge in [0.1, 0.15) is 0 Å². The zero-order valence-electron chi connectivity index (χ0n) is 9.69. The first kappa shape index (κ1) is 11.3. The van der Waals surface area contributed by atoms with E-state index in [2.05, 4.69) is 5.32 Å². The summed E-state index contributed by atoms with van der Waals surface area (Å²) in [5.74, 6) is 0.0914. The van der Waals surface area contributed by atoms with E-state index in [9.17, 15) is 4.79 Å². The number of Topliss-reactive ketones (excluding diaryl/α,β-unsaturated/α-hetero) is 1. The van der Waals surface area contributed by atoms with Crippen LogP contribution in [0.4, 0.5) is 5.69 Å². The lowest BCUT2D eigenvalue weighted by Gasteiger charge is -2.10. The maximum atomic E-state index is 12.3. The largest absolute Gasteiger partial charge is 0.374 e. The van der Waals surface area contributed by atoms with Crippen molar-refractivity contribution in [1.29, 1.82) is 0 Å². The van der Waals surface area contributed by atoms with E-state index in [-0.39, 0.29) is 11.8 Å². The van der Waals surface area contributed by atoms with Gasteiger partial charge in [-0.05, 0) is 23.8 Å². The van der Waals surface area contributed by atoms with Gasteiger partial charge in [0.25, 0.3) is 0 Å². The second-order valence-electron chi connectivity index (χ2n) is 4.43. The van der Waals surface area contributed by atoms with Crippen LogP contribution in [0.15, 0.2) is 48.5 Å². The normalized spacial score (nSPS) is 17.1. The summed E-state index contributed by atoms with van der Waals surface area (Å²) < 4.78 is 0. The fourth-order valence-corrected chi connectivity index (χ4v) is 2.49. The maximum absolute atomic E-state index is 12.3. The fourth-order valence-electron chi connectivity index (χ4n) is 2.30. The molecular formula is C15H12ClNO. The summed E-state index contributed by atoms with van der Waals surface area (Å²) in [6.45, 7) is 0. The Morgan fingerprint density at radius 2 is 2.00 bits per heavy atom. The van der Waals surface area contributed by atoms with Gasteiger partial charge in [-0.2, -0.15) is 0 Å². The van der Waals surface area contributed by atoms with Crippen molar-refractivity contribution < 1.29 is 4.79 Å². The molecule has 0 spiro atoms. The minimum atomic E-state index is -0.180. The number of halogens is 1. The first-order valence-corrected chi connectivity index (χ1v) is 6.26. The van der Waals surface area contributed by atoms with E-state index in [0.29, 0.717) is 10.6 Å². The average molecular weight is 258 g/mol. The molecule has 1 N–H and O–H groups in total. The molecule has 0 saturated heterocycles. The molecule has 90 valence electrons. The minimum absolute atomic E-state index is 0.0914. The molecule has 0 aromatic heterocycles. The van der Waals surface area contributed by atoms with Gasteiger partial charge in [0, 0.05) is 22.7 Å². The Balaban J connectivity index is 1.84. The van der Waals surface area contributed by atoms with Crippen LogP contribution in [0.2, 0.25) is 5.02 Å². The smallest absolute Gasteiger partial charge is 0.185 e. The van der Waals surface area contributed by atoms with E-state index < -0.39 is 0 Å². The number of hydrogen-bond acceptors (Lipinski definition) is 2. The van der Waals surface area contributed by atoms with E-state index in [1.165, 1.54) is 5.56 Å². The summed E-state index contributed by atoms with van der Waals surface area (Å²) in [6.07, 6.45) is 0.738. The molecule has 1 heterocycles. The molecule has 18 heavy (non-hydrogen) atoms. The number of para-hydroxylation sites is 1. The zero-order chi connectivity index (χ0) is 12.5. The Hall–Kier alpha value is -1.80. The van der Waals surface area contributed by atoms with Crippen LogP contribution >= 0.6 is 11.6 Å². The SMILES string of the molecule is O=C(c1cccc(Cl)c1)C1Cc2ccccc2N1. The summed E-state index contributed by atoms with van der Waals surface area (Å²) in [5, 5.41) is 3.85. The van der Waals surface area contributed by atoms with Crippen molar-refractivity contribution in [2.24, 2.45) is 0 Å². The summed E-state index contributed by atoms with van der Waals surface area (Å²) in [6, 6.07) is 14.9. The van der Waals surface area contributed by atoms with Gasteiger partial charge in [-0.1, -0.05) is 41.9 Å². The number of benzene rings is 2. The molecule has 2 aromatic carbocycles. The summed E-state index contributed by atoms with van der Waals surface area (Å²) in [4.78, 5) is 12.3. The van der Waals surface area contributed by atoms with E-state index in [4.69, 9.17) is 11.6 Å². The van der Waals surface area contributed by atoms with Gasteiger partial charge in [0.15, 0.2) is 5.78 Å². The number of carbonyl (C=O) groups excluding carboxylic acids is 1. The highest BCUT2D eigenvalue weighted by molar-refractivity contribution is 6.31. The monoisotopic (exact) mass is 257 g/mol. The lowest BCUT2D eigenvalue weighted by molar-refractivity contribution is 0.0971. The third-order valence-electron chi connectivity index (χ3n) is 3.20. The Morgan fingerprint density at radius 1 is 1.17 bits per heavy atom. The molecule has 0 fully saturated rings. The molecule has 3 heteroatoms. The Labute approximate surface area is 111 Å². The summed E-state index contributed by atoms with van der Waals surface area (Å²) >= 11 is 5.91. The van der Waals surface area contributed by atoms with E-state index in [0.717, 1.165) is 12.1 Å². The van der Waals surface area contributed by atoms with Gasteiger partial charge in [0.05, 0.1) is 6.04 Å². The predicted octanol–water partition coefficient (Wildman–Crippen LogP) is 3.56. The number of nitrogens with one attached hydrogen (secondary N) is 1. The van der Waals surface area contributed by atoms with Gasteiger partial charge in [0.2, 0.25) is 0 Å². The maximum Gasteiger partial charge on any atom is 0.185 e. The zero-order valence-corrected chi connectivity index (χ0v) is 10.4. The topological polar surface area (TPSA) is 29.1 Å². The molecule has 0 radical (unpaired) electrons. The lowest BCUT2D eigenvalue weighted by atomic mass is 10.0. The van der Waals surface area contributed by atoms with Crippen molar-refractivity contribution in [3.8, 4) is 0 Å². The second kappa shape index (κ2) is 4.46. The van der Waals surface area contributed by atoms with Gasteiger partial charge in [-0.25, -0.2) is 0 Å². The standard InChI is InChI=1S/C15H12ClNO/c16-12-6-3-5-11(8-12)15(18)14-9-10-4-1-2-7-13(10)17-14/h1-8,14,17H,9H2. The predicted molar refractivity (Wildman–Crippen MR) is 73.3 cm³/mol. The third-order valence-corrected chi connectivity index (χ3v) is 3.43. The highest BCUT2D eigenvalue weighted by Gasteiger charge is 2.26. The molecule has 0 amide bonds. The van der Waals surface area contributed by atoms with Crippen LogP contribution in [0.5, 0.6) is 0 Å². The Kier molecular flexibility index (Phi) is 2.80. The van der Waals surface area contributed by atoms with Crippen LogP contribution in [0, 0.1) is 0 Å². The molecule has 0 aliphatic carbocycles. The second-order valence-corrected chi connectivity index (χ2v) is 4.87. The average Bonchev–Trinajstić information content (AvgIpc) is 2.81. The molecule has 2 nitrogen and oxygen atoms in total. The molecule has 3 rings (SSSR count). The van der Waals surface area contributed by atoms with E-state index in [1.54, 1.807) is 24.3 Å². The molecular weight excluding hydrogens is 246 g/mol. The van der Waals surface area contributed by atoms with E-state index in [1.807, 2.05) is 24.3 Å². The molecule has 1 aliphatic rings. The van der Waals surface area contributed by atoms with Crippen LogP contribution < -0.4 is 5.32 Å². The molecule has 1 atom stereocenters. The number of rotatable bonds is 2. The summed E-state index contributed by atoms with van der Waals surface area (Å²) in [7, 11) is 0. The van der Waals surface area contributed by atoms with Crippen LogP contribution in [0.1, 0.15) is 15.9 Å². The lowest BCUT2D eigenvalue weighted by Crippen LogP contribution is -2.26. The van der Waals surface area contributed by atoms with E-state index >= 15 is 0 Å². The number of anilines is 1. The van der Waals surface area contributed by atoms with Gasteiger partial charge >= 0.3 is 0 Å². The van der Waals surface area contributed by atoms with Crippen LogP contribution in [-0.2, 0) is 6.42 Å². The van der Waals surface area contributed by atoms with Crippen molar-refractivity contribution in [3.63, 3.8) is 0 Å². The molecule has 0 saturated carbocycles. The number of carbonyl (C=O) groups is 1. The van der Waals surface area contributed by atoms with Crippen LogP contribution in [0.3, 0.4) is 0 Å². The Bertz CT molecular complexity index is 584. The van der Waals surface area contributed by atoms with Crippen molar-refractivity contribution in [3.05, 3.63) is 64.7 Å². The molecule has 1 aliphatic heterocycles. The first-order valence-electron chi connectivity index (χ1n) is 5.88. The molecule has 0 bridgehead atoms. The minimum Gasteiger partial charge on any atom is -0.374 e.